The Morgan fingerprint density at radius 1 is 1.50 bits per heavy atom. The number of hydrogen-bond acceptors (Lipinski definition) is 1. The maximum absolute atomic E-state index is 14.4. The van der Waals surface area contributed by atoms with Crippen LogP contribution in [0.2, 0.25) is 0 Å². The van der Waals surface area contributed by atoms with Crippen LogP contribution in [0.25, 0.3) is 0 Å². The number of aryl methyl sites for hydroxylation is 1. The standard InChI is InChI=1S/C13H12ClFO/c1-9(14)8-13(15)7-6-10-4-2-3-5-11(10)12(13)16/h2-5H,1,6-8H2/t13-/m1/s1. The first-order chi connectivity index (χ1) is 7.53. The Bertz CT molecular complexity index is 455. The summed E-state index contributed by atoms with van der Waals surface area (Å²) in [6, 6.07) is 7.14. The van der Waals surface area contributed by atoms with Gasteiger partial charge in [0.2, 0.25) is 5.78 Å². The van der Waals surface area contributed by atoms with Gasteiger partial charge in [0, 0.05) is 17.0 Å². The predicted octanol–water partition coefficient (Wildman–Crippen LogP) is 3.67. The molecule has 1 aliphatic carbocycles. The van der Waals surface area contributed by atoms with Crippen LogP contribution < -0.4 is 0 Å². The third-order valence-corrected chi connectivity index (χ3v) is 3.07. The molecule has 0 unspecified atom stereocenters. The van der Waals surface area contributed by atoms with E-state index in [9.17, 15) is 9.18 Å². The van der Waals surface area contributed by atoms with Gasteiger partial charge in [0.25, 0.3) is 0 Å². The summed E-state index contributed by atoms with van der Waals surface area (Å²) in [6.45, 7) is 3.46. The summed E-state index contributed by atoms with van der Waals surface area (Å²) in [4.78, 5) is 12.0. The van der Waals surface area contributed by atoms with Crippen LogP contribution in [0, 0.1) is 0 Å². The topological polar surface area (TPSA) is 17.1 Å². The van der Waals surface area contributed by atoms with Gasteiger partial charge >= 0.3 is 0 Å². The molecule has 0 heterocycles. The Balaban J connectivity index is 2.37. The van der Waals surface area contributed by atoms with E-state index in [0.29, 0.717) is 12.0 Å². The Hall–Kier alpha value is -1.15. The van der Waals surface area contributed by atoms with Gasteiger partial charge in [-0.2, -0.15) is 0 Å². The van der Waals surface area contributed by atoms with E-state index < -0.39 is 11.5 Å². The highest BCUT2D eigenvalue weighted by atomic mass is 35.5. The average molecular weight is 239 g/mol. The molecule has 16 heavy (non-hydrogen) atoms. The number of hydrogen-bond donors (Lipinski definition) is 0. The molecule has 1 nitrogen and oxygen atoms in total. The van der Waals surface area contributed by atoms with Gasteiger partial charge in [0.15, 0.2) is 5.67 Å². The number of ketones is 1. The molecule has 0 saturated carbocycles. The number of halogens is 2. The van der Waals surface area contributed by atoms with Crippen LogP contribution in [0.15, 0.2) is 35.9 Å². The number of carbonyl (C=O) groups excluding carboxylic acids is 1. The molecule has 0 bridgehead atoms. The first-order valence-electron chi connectivity index (χ1n) is 5.18. The van der Waals surface area contributed by atoms with Crippen molar-refractivity contribution in [3.63, 3.8) is 0 Å². The number of alkyl halides is 1. The Labute approximate surface area is 98.9 Å². The largest absolute Gasteiger partial charge is 0.291 e. The highest BCUT2D eigenvalue weighted by molar-refractivity contribution is 6.29. The second-order valence-electron chi connectivity index (χ2n) is 4.15. The predicted molar refractivity (Wildman–Crippen MR) is 62.5 cm³/mol. The molecule has 0 amide bonds. The molecule has 2 rings (SSSR count). The van der Waals surface area contributed by atoms with E-state index in [2.05, 4.69) is 6.58 Å². The third kappa shape index (κ3) is 1.90. The van der Waals surface area contributed by atoms with Crippen molar-refractivity contribution >= 4 is 17.4 Å². The molecule has 0 spiro atoms. The fourth-order valence-electron chi connectivity index (χ4n) is 2.12. The van der Waals surface area contributed by atoms with Crippen molar-refractivity contribution in [2.45, 2.75) is 24.9 Å². The quantitative estimate of drug-likeness (QED) is 0.768. The first-order valence-corrected chi connectivity index (χ1v) is 5.56. The molecule has 0 N–H and O–H groups in total. The van der Waals surface area contributed by atoms with Crippen molar-refractivity contribution in [1.82, 2.24) is 0 Å². The molecule has 1 atom stereocenters. The molecule has 1 aliphatic rings. The molecular weight excluding hydrogens is 227 g/mol. The van der Waals surface area contributed by atoms with Crippen LogP contribution in [0.5, 0.6) is 0 Å². The molecule has 0 fully saturated rings. The molecule has 1 aromatic rings. The van der Waals surface area contributed by atoms with Crippen LogP contribution in [-0.4, -0.2) is 11.5 Å². The lowest BCUT2D eigenvalue weighted by Crippen LogP contribution is -2.38. The summed E-state index contributed by atoms with van der Waals surface area (Å²) in [5.41, 5.74) is -0.470. The fraction of sp³-hybridized carbons (Fsp3) is 0.308. The summed E-state index contributed by atoms with van der Waals surface area (Å²) in [5, 5.41) is 0.190. The lowest BCUT2D eigenvalue weighted by molar-refractivity contribution is 0.0642. The van der Waals surface area contributed by atoms with E-state index >= 15 is 0 Å². The van der Waals surface area contributed by atoms with Gasteiger partial charge in [-0.1, -0.05) is 42.4 Å². The fourth-order valence-corrected chi connectivity index (χ4v) is 2.33. The zero-order chi connectivity index (χ0) is 11.8. The number of Topliss-reactive ketones (excluding diaryl/α,β-unsaturated/α-hetero) is 1. The van der Waals surface area contributed by atoms with Crippen LogP contribution in [-0.2, 0) is 6.42 Å². The minimum Gasteiger partial charge on any atom is -0.291 e. The maximum atomic E-state index is 14.4. The van der Waals surface area contributed by atoms with Crippen LogP contribution in [0.3, 0.4) is 0 Å². The second-order valence-corrected chi connectivity index (χ2v) is 4.68. The van der Waals surface area contributed by atoms with E-state index in [1.807, 2.05) is 12.1 Å². The van der Waals surface area contributed by atoms with Crippen molar-refractivity contribution in [2.75, 3.05) is 0 Å². The highest BCUT2D eigenvalue weighted by Gasteiger charge is 2.42. The van der Waals surface area contributed by atoms with Crippen LogP contribution in [0.1, 0.15) is 28.8 Å². The highest BCUT2D eigenvalue weighted by Crippen LogP contribution is 2.36. The Kier molecular flexibility index (Phi) is 2.85. The van der Waals surface area contributed by atoms with Crippen LogP contribution in [0.4, 0.5) is 4.39 Å². The second kappa shape index (κ2) is 4.02. The maximum Gasteiger partial charge on any atom is 0.200 e. The van der Waals surface area contributed by atoms with Crippen molar-refractivity contribution in [2.24, 2.45) is 0 Å². The van der Waals surface area contributed by atoms with Gasteiger partial charge in [0.05, 0.1) is 0 Å². The third-order valence-electron chi connectivity index (χ3n) is 2.93. The number of allylic oxidation sites excluding steroid dienone is 1. The van der Waals surface area contributed by atoms with Crippen molar-refractivity contribution in [1.29, 1.82) is 0 Å². The van der Waals surface area contributed by atoms with E-state index in [-0.39, 0.29) is 17.9 Å². The molecule has 0 radical (unpaired) electrons. The van der Waals surface area contributed by atoms with Gasteiger partial charge in [-0.15, -0.1) is 0 Å². The summed E-state index contributed by atoms with van der Waals surface area (Å²) in [6.07, 6.45) is 0.666. The van der Waals surface area contributed by atoms with Crippen molar-refractivity contribution < 1.29 is 9.18 Å². The summed E-state index contributed by atoms with van der Waals surface area (Å²) >= 11 is 5.61. The smallest absolute Gasteiger partial charge is 0.200 e. The van der Waals surface area contributed by atoms with E-state index in [1.54, 1.807) is 12.1 Å². The summed E-state index contributed by atoms with van der Waals surface area (Å²) < 4.78 is 14.4. The number of fused-ring (bicyclic) bond motifs is 1. The minimum atomic E-state index is -1.87. The van der Waals surface area contributed by atoms with Gasteiger partial charge in [-0.3, -0.25) is 4.79 Å². The molecular formula is C13H12ClFO. The summed E-state index contributed by atoms with van der Waals surface area (Å²) in [7, 11) is 0. The zero-order valence-electron chi connectivity index (χ0n) is 8.80. The average Bonchev–Trinajstić information content (AvgIpc) is 2.24. The van der Waals surface area contributed by atoms with Crippen LogP contribution >= 0.6 is 11.6 Å². The number of benzene rings is 1. The van der Waals surface area contributed by atoms with Crippen molar-refractivity contribution in [3.05, 3.63) is 47.0 Å². The first kappa shape index (κ1) is 11.3. The number of carbonyl (C=O) groups is 1. The van der Waals surface area contributed by atoms with Gasteiger partial charge in [-0.05, 0) is 18.4 Å². The normalized spacial score (nSPS) is 24.0. The SMILES string of the molecule is C=C(Cl)C[C@]1(F)CCc2ccccc2C1=O. The minimum absolute atomic E-state index is 0.0955. The van der Waals surface area contributed by atoms with Gasteiger partial charge < -0.3 is 0 Å². The van der Waals surface area contributed by atoms with E-state index in [4.69, 9.17) is 11.6 Å². The molecule has 3 heteroatoms. The monoisotopic (exact) mass is 238 g/mol. The van der Waals surface area contributed by atoms with Gasteiger partial charge in [-0.25, -0.2) is 4.39 Å². The van der Waals surface area contributed by atoms with Gasteiger partial charge in [0.1, 0.15) is 0 Å². The molecule has 1 aromatic carbocycles. The summed E-state index contributed by atoms with van der Waals surface area (Å²) in [5.74, 6) is -0.462. The van der Waals surface area contributed by atoms with Crippen molar-refractivity contribution in [3.8, 4) is 0 Å². The molecule has 84 valence electrons. The lowest BCUT2D eigenvalue weighted by atomic mass is 9.79. The molecule has 0 saturated heterocycles. The van der Waals surface area contributed by atoms with E-state index in [0.717, 1.165) is 5.56 Å². The Morgan fingerprint density at radius 2 is 2.19 bits per heavy atom. The molecule has 0 aliphatic heterocycles. The molecule has 0 aromatic heterocycles. The number of rotatable bonds is 2. The Morgan fingerprint density at radius 3 is 2.88 bits per heavy atom. The van der Waals surface area contributed by atoms with E-state index in [1.165, 1.54) is 0 Å². The zero-order valence-corrected chi connectivity index (χ0v) is 9.56. The lowest BCUT2D eigenvalue weighted by Gasteiger charge is -2.29.